The Bertz CT molecular complexity index is 911. The molecule has 1 N–H and O–H groups in total. The van der Waals surface area contributed by atoms with Gasteiger partial charge in [0.1, 0.15) is 10.4 Å². The second-order valence-corrected chi connectivity index (χ2v) is 6.27. The fraction of sp³-hybridized carbons (Fsp3) is 0.0769. The molecule has 0 aliphatic rings. The summed E-state index contributed by atoms with van der Waals surface area (Å²) in [5.74, 6) is 0.589. The largest absolute Gasteiger partial charge is 0.495 e. The summed E-state index contributed by atoms with van der Waals surface area (Å²) in [6.07, 6.45) is 0. The van der Waals surface area contributed by atoms with Gasteiger partial charge in [0.25, 0.3) is 5.56 Å². The highest BCUT2D eigenvalue weighted by molar-refractivity contribution is 9.10. The van der Waals surface area contributed by atoms with Gasteiger partial charge in [0.15, 0.2) is 4.77 Å². The minimum absolute atomic E-state index is 0.143. The highest BCUT2D eigenvalue weighted by Crippen LogP contribution is 2.26. The van der Waals surface area contributed by atoms with Crippen LogP contribution < -0.4 is 10.3 Å². The predicted molar refractivity (Wildman–Crippen MR) is 86.9 cm³/mol. The van der Waals surface area contributed by atoms with Crippen LogP contribution in [0.1, 0.15) is 0 Å². The molecule has 0 spiro atoms. The lowest BCUT2D eigenvalue weighted by Gasteiger charge is -2.11. The SMILES string of the molecule is COc1ccc(Br)cc1-n1c(=S)[nH]c2ccsc2c1=O. The molecule has 102 valence electrons. The zero-order chi connectivity index (χ0) is 14.3. The maximum Gasteiger partial charge on any atom is 0.276 e. The van der Waals surface area contributed by atoms with E-state index in [0.717, 1.165) is 9.99 Å². The molecule has 0 amide bonds. The van der Waals surface area contributed by atoms with E-state index in [1.54, 1.807) is 13.2 Å². The summed E-state index contributed by atoms with van der Waals surface area (Å²) in [6.45, 7) is 0. The zero-order valence-corrected chi connectivity index (χ0v) is 13.6. The smallest absolute Gasteiger partial charge is 0.276 e. The van der Waals surface area contributed by atoms with Crippen LogP contribution in [0.4, 0.5) is 0 Å². The number of methoxy groups -OCH3 is 1. The summed E-state index contributed by atoms with van der Waals surface area (Å²) in [6, 6.07) is 7.30. The predicted octanol–water partition coefficient (Wildman–Crippen LogP) is 3.88. The van der Waals surface area contributed by atoms with Gasteiger partial charge in [0, 0.05) is 4.47 Å². The molecule has 0 aliphatic heterocycles. The lowest BCUT2D eigenvalue weighted by molar-refractivity contribution is 0.412. The topological polar surface area (TPSA) is 47.0 Å². The number of hydrogen-bond donors (Lipinski definition) is 1. The number of hydrogen-bond acceptors (Lipinski definition) is 4. The molecule has 2 heterocycles. The first kappa shape index (κ1) is 13.5. The Kier molecular flexibility index (Phi) is 3.49. The first-order chi connectivity index (χ1) is 9.61. The molecule has 0 atom stereocenters. The summed E-state index contributed by atoms with van der Waals surface area (Å²) < 4.78 is 8.61. The Morgan fingerprint density at radius 1 is 1.40 bits per heavy atom. The number of nitrogens with one attached hydrogen (secondary N) is 1. The molecule has 2 aromatic heterocycles. The van der Waals surface area contributed by atoms with E-state index >= 15 is 0 Å². The highest BCUT2D eigenvalue weighted by Gasteiger charge is 2.13. The first-order valence-electron chi connectivity index (χ1n) is 5.68. The number of benzene rings is 1. The van der Waals surface area contributed by atoms with Crippen molar-refractivity contribution in [1.82, 2.24) is 9.55 Å². The van der Waals surface area contributed by atoms with E-state index in [4.69, 9.17) is 17.0 Å². The Morgan fingerprint density at radius 3 is 2.95 bits per heavy atom. The van der Waals surface area contributed by atoms with Crippen LogP contribution in [0.2, 0.25) is 0 Å². The van der Waals surface area contributed by atoms with Crippen molar-refractivity contribution in [3.05, 3.63) is 49.2 Å². The Morgan fingerprint density at radius 2 is 2.20 bits per heavy atom. The summed E-state index contributed by atoms with van der Waals surface area (Å²) >= 11 is 10.1. The lowest BCUT2D eigenvalue weighted by atomic mass is 10.3. The van der Waals surface area contributed by atoms with Gasteiger partial charge in [-0.1, -0.05) is 15.9 Å². The third-order valence-electron chi connectivity index (χ3n) is 2.89. The van der Waals surface area contributed by atoms with E-state index in [0.29, 0.717) is 20.9 Å². The molecule has 7 heteroatoms. The third-order valence-corrected chi connectivity index (χ3v) is 4.57. The third kappa shape index (κ3) is 2.11. The maximum absolute atomic E-state index is 12.6. The Labute approximate surface area is 131 Å². The summed E-state index contributed by atoms with van der Waals surface area (Å²) in [7, 11) is 1.56. The molecule has 3 aromatic rings. The average Bonchev–Trinajstić information content (AvgIpc) is 2.87. The van der Waals surface area contributed by atoms with Gasteiger partial charge in [0.05, 0.1) is 18.3 Å². The number of aromatic amines is 1. The van der Waals surface area contributed by atoms with Crippen LogP contribution in [0.3, 0.4) is 0 Å². The van der Waals surface area contributed by atoms with Crippen LogP contribution in [0.5, 0.6) is 5.75 Å². The average molecular weight is 369 g/mol. The van der Waals surface area contributed by atoms with E-state index in [9.17, 15) is 4.79 Å². The van der Waals surface area contributed by atoms with E-state index in [1.165, 1.54) is 15.9 Å². The molecule has 0 radical (unpaired) electrons. The second-order valence-electron chi connectivity index (χ2n) is 4.05. The molecule has 0 saturated heterocycles. The molecule has 3 rings (SSSR count). The molecule has 1 aromatic carbocycles. The fourth-order valence-electron chi connectivity index (χ4n) is 1.99. The van der Waals surface area contributed by atoms with E-state index in [1.807, 2.05) is 23.6 Å². The number of thiophene rings is 1. The van der Waals surface area contributed by atoms with Crippen molar-refractivity contribution in [2.45, 2.75) is 0 Å². The fourth-order valence-corrected chi connectivity index (χ4v) is 3.41. The summed E-state index contributed by atoms with van der Waals surface area (Å²) in [5.41, 5.74) is 1.23. The van der Waals surface area contributed by atoms with Gasteiger partial charge in [-0.3, -0.25) is 4.79 Å². The van der Waals surface area contributed by atoms with Gasteiger partial charge in [-0.05, 0) is 41.9 Å². The number of rotatable bonds is 2. The second kappa shape index (κ2) is 5.16. The number of H-pyrrole nitrogens is 1. The van der Waals surface area contributed by atoms with E-state index < -0.39 is 0 Å². The summed E-state index contributed by atoms with van der Waals surface area (Å²) in [4.78, 5) is 15.7. The quantitative estimate of drug-likeness (QED) is 0.698. The molecule has 4 nitrogen and oxygen atoms in total. The molecule has 0 fully saturated rings. The van der Waals surface area contributed by atoms with Gasteiger partial charge in [-0.2, -0.15) is 0 Å². The molecular weight excluding hydrogens is 360 g/mol. The van der Waals surface area contributed by atoms with Crippen molar-refractivity contribution in [3.63, 3.8) is 0 Å². The minimum atomic E-state index is -0.143. The lowest BCUT2D eigenvalue weighted by Crippen LogP contribution is -2.20. The van der Waals surface area contributed by atoms with Gasteiger partial charge >= 0.3 is 0 Å². The number of aromatic nitrogens is 2. The monoisotopic (exact) mass is 368 g/mol. The number of nitrogens with zero attached hydrogens (tertiary/aromatic N) is 1. The molecular formula is C13H9BrN2O2S2. The van der Waals surface area contributed by atoms with Gasteiger partial charge in [-0.15, -0.1) is 11.3 Å². The van der Waals surface area contributed by atoms with Gasteiger partial charge in [-0.25, -0.2) is 4.57 Å². The van der Waals surface area contributed by atoms with Crippen LogP contribution in [0.15, 0.2) is 38.9 Å². The van der Waals surface area contributed by atoms with E-state index in [-0.39, 0.29) is 5.56 Å². The molecule has 0 unspecified atom stereocenters. The van der Waals surface area contributed by atoms with E-state index in [2.05, 4.69) is 20.9 Å². The molecule has 0 bridgehead atoms. The van der Waals surface area contributed by atoms with Crippen molar-refractivity contribution in [2.75, 3.05) is 7.11 Å². The zero-order valence-electron chi connectivity index (χ0n) is 10.3. The van der Waals surface area contributed by atoms with Crippen LogP contribution >= 0.6 is 39.5 Å². The minimum Gasteiger partial charge on any atom is -0.495 e. The molecule has 0 aliphatic carbocycles. The number of ether oxygens (including phenoxy) is 1. The van der Waals surface area contributed by atoms with Crippen molar-refractivity contribution < 1.29 is 4.74 Å². The maximum atomic E-state index is 12.6. The van der Waals surface area contributed by atoms with Crippen molar-refractivity contribution in [3.8, 4) is 11.4 Å². The van der Waals surface area contributed by atoms with Crippen LogP contribution in [-0.2, 0) is 0 Å². The standard InChI is InChI=1S/C13H9BrN2O2S2/c1-18-10-3-2-7(14)6-9(10)16-12(17)11-8(4-5-20-11)15-13(16)19/h2-6H,1H3,(H,15,19). The Balaban J connectivity index is 2.43. The van der Waals surface area contributed by atoms with Crippen molar-refractivity contribution in [2.24, 2.45) is 0 Å². The van der Waals surface area contributed by atoms with Crippen LogP contribution in [-0.4, -0.2) is 16.7 Å². The highest BCUT2D eigenvalue weighted by atomic mass is 79.9. The molecule has 0 saturated carbocycles. The normalized spacial score (nSPS) is 10.9. The van der Waals surface area contributed by atoms with Gasteiger partial charge in [0.2, 0.25) is 0 Å². The summed E-state index contributed by atoms with van der Waals surface area (Å²) in [5, 5.41) is 1.86. The van der Waals surface area contributed by atoms with Crippen molar-refractivity contribution >= 4 is 49.7 Å². The van der Waals surface area contributed by atoms with Gasteiger partial charge < -0.3 is 9.72 Å². The van der Waals surface area contributed by atoms with Crippen LogP contribution in [0.25, 0.3) is 15.9 Å². The Hall–Kier alpha value is -1.44. The molecule has 20 heavy (non-hydrogen) atoms. The number of halogens is 1. The first-order valence-corrected chi connectivity index (χ1v) is 7.76. The van der Waals surface area contributed by atoms with Crippen molar-refractivity contribution in [1.29, 1.82) is 0 Å². The number of fused-ring (bicyclic) bond motifs is 1. The van der Waals surface area contributed by atoms with Crippen LogP contribution in [0, 0.1) is 4.77 Å².